The molecule has 0 aromatic carbocycles. The molecule has 1 aromatic rings. The quantitative estimate of drug-likeness (QED) is 0.903. The van der Waals surface area contributed by atoms with Gasteiger partial charge in [0.1, 0.15) is 5.82 Å². The summed E-state index contributed by atoms with van der Waals surface area (Å²) in [5, 5.41) is 8.93. The minimum Gasteiger partial charge on any atom is -0.478 e. The number of aryl methyl sites for hydroxylation is 1. The van der Waals surface area contributed by atoms with Crippen molar-refractivity contribution in [2.45, 2.75) is 37.8 Å². The average molecular weight is 260 g/mol. The Morgan fingerprint density at radius 2 is 2.11 bits per heavy atom. The van der Waals surface area contributed by atoms with E-state index in [4.69, 9.17) is 5.11 Å². The van der Waals surface area contributed by atoms with Crippen LogP contribution in [0.1, 0.15) is 47.1 Å². The number of carbonyl (C=O) groups is 1. The summed E-state index contributed by atoms with van der Waals surface area (Å²) in [7, 11) is 0. The first-order valence-corrected chi connectivity index (χ1v) is 5.52. The number of carboxylic acid groups (broad SMARTS) is 1. The first-order chi connectivity index (χ1) is 8.37. The summed E-state index contributed by atoms with van der Waals surface area (Å²) in [6.45, 7) is 0. The number of halogens is 3. The van der Waals surface area contributed by atoms with Gasteiger partial charge in [-0.2, -0.15) is 13.2 Å². The lowest BCUT2D eigenvalue weighted by Crippen LogP contribution is -2.12. The van der Waals surface area contributed by atoms with Crippen LogP contribution in [0.15, 0.2) is 6.20 Å². The first kappa shape index (κ1) is 12.8. The van der Waals surface area contributed by atoms with Crippen molar-refractivity contribution in [1.82, 2.24) is 9.97 Å². The van der Waals surface area contributed by atoms with Gasteiger partial charge in [-0.05, 0) is 12.8 Å². The second-order valence-corrected chi connectivity index (χ2v) is 4.28. The minimum atomic E-state index is -4.26. The van der Waals surface area contributed by atoms with E-state index in [2.05, 4.69) is 9.97 Å². The summed E-state index contributed by atoms with van der Waals surface area (Å²) in [4.78, 5) is 18.6. The Bertz CT molecular complexity index is 470. The Balaban J connectivity index is 2.18. The van der Waals surface area contributed by atoms with Crippen molar-refractivity contribution in [3.63, 3.8) is 0 Å². The van der Waals surface area contributed by atoms with Crippen molar-refractivity contribution in [3.8, 4) is 0 Å². The van der Waals surface area contributed by atoms with Crippen molar-refractivity contribution < 1.29 is 23.1 Å². The van der Waals surface area contributed by atoms with E-state index >= 15 is 0 Å². The smallest absolute Gasteiger partial charge is 0.389 e. The summed E-state index contributed by atoms with van der Waals surface area (Å²) < 4.78 is 36.2. The van der Waals surface area contributed by atoms with Crippen molar-refractivity contribution in [1.29, 1.82) is 0 Å². The molecule has 1 N–H and O–H groups in total. The second-order valence-electron chi connectivity index (χ2n) is 4.28. The standard InChI is InChI=1S/C11H11F3N2O2/c12-11(13,14)4-3-8-15-5-7(10(17)18)9(16-8)6-1-2-6/h5-6H,1-4H2,(H,17,18). The summed E-state index contributed by atoms with van der Waals surface area (Å²) in [5.41, 5.74) is 0.364. The van der Waals surface area contributed by atoms with Gasteiger partial charge in [0.15, 0.2) is 0 Å². The molecular weight excluding hydrogens is 249 g/mol. The Morgan fingerprint density at radius 1 is 1.44 bits per heavy atom. The van der Waals surface area contributed by atoms with Crippen molar-refractivity contribution in [2.75, 3.05) is 0 Å². The first-order valence-electron chi connectivity index (χ1n) is 5.52. The van der Waals surface area contributed by atoms with Crippen LogP contribution in [-0.2, 0) is 6.42 Å². The van der Waals surface area contributed by atoms with Crippen LogP contribution in [0.5, 0.6) is 0 Å². The zero-order valence-corrected chi connectivity index (χ0v) is 9.37. The number of nitrogens with zero attached hydrogens (tertiary/aromatic N) is 2. The molecule has 1 aromatic heterocycles. The number of alkyl halides is 3. The van der Waals surface area contributed by atoms with Gasteiger partial charge in [-0.1, -0.05) is 0 Å². The third-order valence-electron chi connectivity index (χ3n) is 2.69. The largest absolute Gasteiger partial charge is 0.478 e. The molecule has 0 amide bonds. The molecule has 4 nitrogen and oxygen atoms in total. The molecule has 1 saturated carbocycles. The molecule has 98 valence electrons. The number of hydrogen-bond donors (Lipinski definition) is 1. The average Bonchev–Trinajstić information content (AvgIpc) is 3.08. The molecule has 1 aliphatic rings. The molecule has 18 heavy (non-hydrogen) atoms. The summed E-state index contributed by atoms with van der Waals surface area (Å²) in [6.07, 6.45) is -2.80. The monoisotopic (exact) mass is 260 g/mol. The fourth-order valence-electron chi connectivity index (χ4n) is 1.64. The van der Waals surface area contributed by atoms with Crippen LogP contribution in [0.4, 0.5) is 13.2 Å². The molecule has 0 saturated heterocycles. The SMILES string of the molecule is O=C(O)c1cnc(CCC(F)(F)F)nc1C1CC1. The predicted octanol–water partition coefficient (Wildman–Crippen LogP) is 2.55. The van der Waals surface area contributed by atoms with Gasteiger partial charge in [0, 0.05) is 18.5 Å². The Labute approximate surface area is 101 Å². The molecule has 1 heterocycles. The number of hydrogen-bond acceptors (Lipinski definition) is 3. The molecule has 1 fully saturated rings. The Kier molecular flexibility index (Phi) is 3.23. The molecule has 0 bridgehead atoms. The van der Waals surface area contributed by atoms with Crippen LogP contribution >= 0.6 is 0 Å². The third kappa shape index (κ3) is 3.18. The van der Waals surface area contributed by atoms with E-state index in [0.29, 0.717) is 5.69 Å². The van der Waals surface area contributed by atoms with E-state index in [1.807, 2.05) is 0 Å². The molecule has 0 atom stereocenters. The van der Waals surface area contributed by atoms with Gasteiger partial charge in [-0.15, -0.1) is 0 Å². The topological polar surface area (TPSA) is 63.1 Å². The number of aromatic carboxylic acids is 1. The highest BCUT2D eigenvalue weighted by atomic mass is 19.4. The maximum atomic E-state index is 12.1. The van der Waals surface area contributed by atoms with Gasteiger partial charge in [-0.3, -0.25) is 0 Å². The van der Waals surface area contributed by atoms with Crippen LogP contribution in [-0.4, -0.2) is 27.2 Å². The van der Waals surface area contributed by atoms with Crippen molar-refractivity contribution >= 4 is 5.97 Å². The van der Waals surface area contributed by atoms with Gasteiger partial charge >= 0.3 is 12.1 Å². The van der Waals surface area contributed by atoms with Crippen molar-refractivity contribution in [2.24, 2.45) is 0 Å². The van der Waals surface area contributed by atoms with Crippen LogP contribution in [0, 0.1) is 0 Å². The normalized spacial score (nSPS) is 15.7. The van der Waals surface area contributed by atoms with E-state index in [1.54, 1.807) is 0 Å². The highest BCUT2D eigenvalue weighted by Gasteiger charge is 2.31. The second kappa shape index (κ2) is 4.55. The summed E-state index contributed by atoms with van der Waals surface area (Å²) in [6, 6.07) is 0. The van der Waals surface area contributed by atoms with Gasteiger partial charge in [-0.25, -0.2) is 14.8 Å². The lowest BCUT2D eigenvalue weighted by atomic mass is 10.1. The molecule has 0 spiro atoms. The zero-order chi connectivity index (χ0) is 13.3. The van der Waals surface area contributed by atoms with E-state index in [1.165, 1.54) is 0 Å². The van der Waals surface area contributed by atoms with E-state index in [0.717, 1.165) is 19.0 Å². The van der Waals surface area contributed by atoms with Gasteiger partial charge < -0.3 is 5.11 Å². The molecule has 1 aliphatic carbocycles. The van der Waals surface area contributed by atoms with Gasteiger partial charge in [0.05, 0.1) is 17.7 Å². The molecule has 7 heteroatoms. The van der Waals surface area contributed by atoms with E-state index in [9.17, 15) is 18.0 Å². The molecule has 0 aliphatic heterocycles. The number of carboxylic acids is 1. The molecule has 0 unspecified atom stereocenters. The van der Waals surface area contributed by atoms with Crippen LogP contribution < -0.4 is 0 Å². The highest BCUT2D eigenvalue weighted by Crippen LogP contribution is 2.40. The lowest BCUT2D eigenvalue weighted by molar-refractivity contribution is -0.134. The zero-order valence-electron chi connectivity index (χ0n) is 9.37. The lowest BCUT2D eigenvalue weighted by Gasteiger charge is -2.08. The fourth-order valence-corrected chi connectivity index (χ4v) is 1.64. The van der Waals surface area contributed by atoms with Crippen molar-refractivity contribution in [3.05, 3.63) is 23.3 Å². The number of rotatable bonds is 4. The van der Waals surface area contributed by atoms with E-state index in [-0.39, 0.29) is 23.7 Å². The maximum Gasteiger partial charge on any atom is 0.389 e. The fraction of sp³-hybridized carbons (Fsp3) is 0.545. The summed E-state index contributed by atoms with van der Waals surface area (Å²) in [5.74, 6) is -1.03. The van der Waals surface area contributed by atoms with Crippen LogP contribution in [0.3, 0.4) is 0 Å². The molecule has 2 rings (SSSR count). The highest BCUT2D eigenvalue weighted by molar-refractivity contribution is 5.88. The Morgan fingerprint density at radius 3 is 2.61 bits per heavy atom. The minimum absolute atomic E-state index is 0.00624. The van der Waals surface area contributed by atoms with Gasteiger partial charge in [0.25, 0.3) is 0 Å². The van der Waals surface area contributed by atoms with Crippen LogP contribution in [0.25, 0.3) is 0 Å². The third-order valence-corrected chi connectivity index (χ3v) is 2.69. The molecule has 0 radical (unpaired) electrons. The Hall–Kier alpha value is -1.66. The maximum absolute atomic E-state index is 12.1. The van der Waals surface area contributed by atoms with E-state index < -0.39 is 18.6 Å². The molecular formula is C11H11F3N2O2. The predicted molar refractivity (Wildman–Crippen MR) is 55.3 cm³/mol. The van der Waals surface area contributed by atoms with Crippen LogP contribution in [0.2, 0.25) is 0 Å². The van der Waals surface area contributed by atoms with Gasteiger partial charge in [0.2, 0.25) is 0 Å². The summed E-state index contributed by atoms with van der Waals surface area (Å²) >= 11 is 0. The number of aromatic nitrogens is 2.